The molecule has 3 aromatic rings. The van der Waals surface area contributed by atoms with Gasteiger partial charge in [0.1, 0.15) is 5.75 Å². The lowest BCUT2D eigenvalue weighted by Crippen LogP contribution is -2.10. The predicted molar refractivity (Wildman–Crippen MR) is 109 cm³/mol. The Balaban J connectivity index is 1.80. The fraction of sp³-hybridized carbons (Fsp3) is 0.304. The van der Waals surface area contributed by atoms with Crippen LogP contribution in [0, 0.1) is 6.92 Å². The summed E-state index contributed by atoms with van der Waals surface area (Å²) < 4.78 is 40.2. The molecule has 0 aliphatic heterocycles. The number of rotatable bonds is 6. The van der Waals surface area contributed by atoms with Crippen molar-refractivity contribution in [3.63, 3.8) is 0 Å². The third kappa shape index (κ3) is 4.72. The maximum atomic E-state index is 12.8. The quantitative estimate of drug-likeness (QED) is 0.503. The summed E-state index contributed by atoms with van der Waals surface area (Å²) in [7, 11) is 0. The van der Waals surface area contributed by atoms with Crippen molar-refractivity contribution in [2.75, 3.05) is 0 Å². The minimum Gasteiger partial charge on any atom is -0.508 e. The molecule has 30 heavy (non-hydrogen) atoms. The van der Waals surface area contributed by atoms with Crippen LogP contribution >= 0.6 is 0 Å². The van der Waals surface area contributed by atoms with Crippen LogP contribution in [0.1, 0.15) is 53.5 Å². The van der Waals surface area contributed by atoms with Crippen molar-refractivity contribution in [1.82, 2.24) is 9.78 Å². The normalized spacial score (nSPS) is 11.8. The lowest BCUT2D eigenvalue weighted by Gasteiger charge is -2.11. The molecule has 0 bridgehead atoms. The Morgan fingerprint density at radius 2 is 1.77 bits per heavy atom. The fourth-order valence-corrected chi connectivity index (χ4v) is 3.25. The average molecular weight is 416 g/mol. The Morgan fingerprint density at radius 1 is 1.10 bits per heavy atom. The van der Waals surface area contributed by atoms with Gasteiger partial charge in [0, 0.05) is 29.3 Å². The molecule has 158 valence electrons. The highest BCUT2D eigenvalue weighted by Crippen LogP contribution is 2.31. The van der Waals surface area contributed by atoms with Gasteiger partial charge in [-0.25, -0.2) is 0 Å². The van der Waals surface area contributed by atoms with Gasteiger partial charge in [-0.3, -0.25) is 9.48 Å². The Morgan fingerprint density at radius 3 is 2.33 bits per heavy atom. The van der Waals surface area contributed by atoms with E-state index < -0.39 is 11.7 Å². The number of aromatic hydroxyl groups is 1. The molecule has 0 fully saturated rings. The smallest absolute Gasteiger partial charge is 0.416 e. The second-order valence-electron chi connectivity index (χ2n) is 7.56. The van der Waals surface area contributed by atoms with Gasteiger partial charge in [-0.1, -0.05) is 12.1 Å². The molecule has 0 spiro atoms. The van der Waals surface area contributed by atoms with Crippen LogP contribution in [0.25, 0.3) is 11.3 Å². The molecule has 0 unspecified atom stereocenters. The minimum absolute atomic E-state index is 0.0363. The SMILES string of the molecule is Cc1cc(C(=O)CCc2cc(-c3ccc(C(F)(F)F)cc3)nn2C(C)C)ccc1O. The van der Waals surface area contributed by atoms with Crippen LogP contribution in [0.5, 0.6) is 5.75 Å². The van der Waals surface area contributed by atoms with Crippen LogP contribution in [0.2, 0.25) is 0 Å². The predicted octanol–water partition coefficient (Wildman–Crippen LogP) is 5.98. The Hall–Kier alpha value is -3.09. The van der Waals surface area contributed by atoms with E-state index in [1.54, 1.807) is 23.7 Å². The van der Waals surface area contributed by atoms with E-state index in [1.165, 1.54) is 18.2 Å². The van der Waals surface area contributed by atoms with Crippen LogP contribution in [-0.4, -0.2) is 20.7 Å². The fourth-order valence-electron chi connectivity index (χ4n) is 3.25. The first-order chi connectivity index (χ1) is 14.1. The molecule has 2 aromatic carbocycles. The monoisotopic (exact) mass is 416 g/mol. The first-order valence-corrected chi connectivity index (χ1v) is 9.65. The highest BCUT2D eigenvalue weighted by atomic mass is 19.4. The van der Waals surface area contributed by atoms with E-state index in [9.17, 15) is 23.1 Å². The van der Waals surface area contributed by atoms with E-state index in [2.05, 4.69) is 5.10 Å². The first-order valence-electron chi connectivity index (χ1n) is 9.65. The number of carbonyl (C=O) groups is 1. The van der Waals surface area contributed by atoms with Gasteiger partial charge in [-0.2, -0.15) is 18.3 Å². The number of hydrogen-bond donors (Lipinski definition) is 1. The van der Waals surface area contributed by atoms with Crippen LogP contribution in [0.15, 0.2) is 48.5 Å². The van der Waals surface area contributed by atoms with Crippen molar-refractivity contribution in [2.24, 2.45) is 0 Å². The van der Waals surface area contributed by atoms with Crippen LogP contribution < -0.4 is 0 Å². The summed E-state index contributed by atoms with van der Waals surface area (Å²) in [5, 5.41) is 14.2. The van der Waals surface area contributed by atoms with E-state index in [1.807, 2.05) is 19.9 Å². The number of benzene rings is 2. The number of phenolic OH excluding ortho intramolecular Hbond substituents is 1. The maximum Gasteiger partial charge on any atom is 0.416 e. The van der Waals surface area contributed by atoms with E-state index >= 15 is 0 Å². The van der Waals surface area contributed by atoms with Crippen LogP contribution in [0.4, 0.5) is 13.2 Å². The summed E-state index contributed by atoms with van der Waals surface area (Å²) in [6.07, 6.45) is -3.67. The zero-order valence-electron chi connectivity index (χ0n) is 17.0. The highest BCUT2D eigenvalue weighted by Gasteiger charge is 2.30. The lowest BCUT2D eigenvalue weighted by molar-refractivity contribution is -0.137. The molecule has 3 rings (SSSR count). The molecule has 0 saturated heterocycles. The third-order valence-corrected chi connectivity index (χ3v) is 4.94. The standard InChI is InChI=1S/C23H23F3N2O2/c1-14(2)28-19(9-11-22(30)17-6-10-21(29)15(3)12-17)13-20(27-28)16-4-7-18(8-5-16)23(24,25)26/h4-8,10,12-14,29H,9,11H2,1-3H3. The van der Waals surface area contributed by atoms with Crippen molar-refractivity contribution >= 4 is 5.78 Å². The number of ketones is 1. The molecule has 1 aromatic heterocycles. The largest absolute Gasteiger partial charge is 0.508 e. The van der Waals surface area contributed by atoms with Gasteiger partial charge in [0.05, 0.1) is 11.3 Å². The zero-order chi connectivity index (χ0) is 22.1. The molecule has 0 saturated carbocycles. The molecule has 0 aliphatic carbocycles. The van der Waals surface area contributed by atoms with E-state index in [0.717, 1.165) is 17.8 Å². The molecule has 0 radical (unpaired) electrons. The molecule has 7 heteroatoms. The number of Topliss-reactive ketones (excluding diaryl/α,β-unsaturated/α-hetero) is 1. The van der Waals surface area contributed by atoms with Gasteiger partial charge in [0.15, 0.2) is 5.78 Å². The summed E-state index contributed by atoms with van der Waals surface area (Å²) in [6.45, 7) is 5.65. The maximum absolute atomic E-state index is 12.8. The Kier molecular flexibility index (Phi) is 6.01. The lowest BCUT2D eigenvalue weighted by atomic mass is 10.0. The van der Waals surface area contributed by atoms with Crippen molar-refractivity contribution in [2.45, 2.75) is 45.8 Å². The Bertz CT molecular complexity index is 1050. The summed E-state index contributed by atoms with van der Waals surface area (Å²) in [4.78, 5) is 12.6. The topological polar surface area (TPSA) is 55.1 Å². The van der Waals surface area contributed by atoms with Crippen LogP contribution in [0.3, 0.4) is 0 Å². The highest BCUT2D eigenvalue weighted by molar-refractivity contribution is 5.96. The van der Waals surface area contributed by atoms with E-state index in [4.69, 9.17) is 0 Å². The second kappa shape index (κ2) is 8.34. The number of nitrogens with zero attached hydrogens (tertiary/aromatic N) is 2. The molecule has 1 heterocycles. The van der Waals surface area contributed by atoms with Crippen molar-refractivity contribution < 1.29 is 23.1 Å². The van der Waals surface area contributed by atoms with Crippen molar-refractivity contribution in [3.8, 4) is 17.0 Å². The molecule has 1 N–H and O–H groups in total. The number of hydrogen-bond acceptors (Lipinski definition) is 3. The van der Waals surface area contributed by atoms with E-state index in [0.29, 0.717) is 28.8 Å². The summed E-state index contributed by atoms with van der Waals surface area (Å²) in [6, 6.07) is 11.5. The molecule has 0 amide bonds. The minimum atomic E-state index is -4.38. The molecular weight excluding hydrogens is 393 g/mol. The summed E-state index contributed by atoms with van der Waals surface area (Å²) in [5.74, 6) is 0.0938. The number of aryl methyl sites for hydroxylation is 2. The Labute approximate surface area is 173 Å². The van der Waals surface area contributed by atoms with Gasteiger partial charge in [0.2, 0.25) is 0 Å². The summed E-state index contributed by atoms with van der Waals surface area (Å²) in [5.41, 5.74) is 2.46. The van der Waals surface area contributed by atoms with E-state index in [-0.39, 0.29) is 24.0 Å². The summed E-state index contributed by atoms with van der Waals surface area (Å²) >= 11 is 0. The van der Waals surface area contributed by atoms with Gasteiger partial charge >= 0.3 is 6.18 Å². The average Bonchev–Trinajstić information content (AvgIpc) is 3.12. The molecule has 0 aliphatic rings. The number of alkyl halides is 3. The van der Waals surface area contributed by atoms with Crippen molar-refractivity contribution in [1.29, 1.82) is 0 Å². The first kappa shape index (κ1) is 21.6. The number of carbonyl (C=O) groups excluding carboxylic acids is 1. The van der Waals surface area contributed by atoms with Crippen LogP contribution in [-0.2, 0) is 12.6 Å². The molecule has 0 atom stereocenters. The zero-order valence-corrected chi connectivity index (χ0v) is 17.0. The molecular formula is C23H23F3N2O2. The van der Waals surface area contributed by atoms with Gasteiger partial charge in [-0.05, 0) is 69.2 Å². The number of halogens is 3. The van der Waals surface area contributed by atoms with Gasteiger partial charge in [-0.15, -0.1) is 0 Å². The number of aromatic nitrogens is 2. The second-order valence-corrected chi connectivity index (χ2v) is 7.56. The number of phenols is 1. The molecule has 4 nitrogen and oxygen atoms in total. The third-order valence-electron chi connectivity index (χ3n) is 4.94. The van der Waals surface area contributed by atoms with Crippen molar-refractivity contribution in [3.05, 3.63) is 70.9 Å². The van der Waals surface area contributed by atoms with Gasteiger partial charge in [0.25, 0.3) is 0 Å². The van der Waals surface area contributed by atoms with Gasteiger partial charge < -0.3 is 5.11 Å².